The molecule has 0 aromatic heterocycles. The van der Waals surface area contributed by atoms with E-state index >= 15 is 0 Å². The van der Waals surface area contributed by atoms with Crippen LogP contribution in [0.4, 0.5) is 11.4 Å². The first kappa shape index (κ1) is 18.0. The number of hydrogen-bond donors (Lipinski definition) is 0. The molecule has 0 spiro atoms. The standard InChI is InChI=1S/C19H21ClN2O2/c1-4-22(15-9-6-5-7-10-15)19(24)13-18(23)21(3)17-12-8-11-16(20)14(17)2/h5-12H,4,13H2,1-3H3. The van der Waals surface area contributed by atoms with Crippen LogP contribution in [0.1, 0.15) is 18.9 Å². The monoisotopic (exact) mass is 344 g/mol. The van der Waals surface area contributed by atoms with Gasteiger partial charge in [-0.05, 0) is 43.7 Å². The number of carbonyl (C=O) groups is 2. The van der Waals surface area contributed by atoms with E-state index in [0.29, 0.717) is 17.3 Å². The molecule has 5 heteroatoms. The molecular formula is C19H21ClN2O2. The van der Waals surface area contributed by atoms with Gasteiger partial charge in [0.05, 0.1) is 0 Å². The van der Waals surface area contributed by atoms with Gasteiger partial charge >= 0.3 is 0 Å². The molecule has 0 saturated heterocycles. The van der Waals surface area contributed by atoms with E-state index in [1.54, 1.807) is 24.1 Å². The molecule has 2 aromatic carbocycles. The molecule has 2 rings (SSSR count). The molecule has 0 aliphatic carbocycles. The minimum atomic E-state index is -0.264. The lowest BCUT2D eigenvalue weighted by atomic mass is 10.1. The van der Waals surface area contributed by atoms with Crippen molar-refractivity contribution < 1.29 is 9.59 Å². The molecule has 24 heavy (non-hydrogen) atoms. The van der Waals surface area contributed by atoms with Crippen molar-refractivity contribution in [3.05, 3.63) is 59.1 Å². The second-order valence-corrected chi connectivity index (χ2v) is 5.89. The summed E-state index contributed by atoms with van der Waals surface area (Å²) in [5.74, 6) is -0.486. The Balaban J connectivity index is 2.13. The summed E-state index contributed by atoms with van der Waals surface area (Å²) in [7, 11) is 1.66. The smallest absolute Gasteiger partial charge is 0.236 e. The van der Waals surface area contributed by atoms with Crippen molar-refractivity contribution in [2.45, 2.75) is 20.3 Å². The number of rotatable bonds is 5. The van der Waals surface area contributed by atoms with Gasteiger partial charge in [0, 0.05) is 30.0 Å². The third kappa shape index (κ3) is 3.95. The third-order valence-electron chi connectivity index (χ3n) is 3.96. The minimum Gasteiger partial charge on any atom is -0.315 e. The van der Waals surface area contributed by atoms with E-state index < -0.39 is 0 Å². The first-order chi connectivity index (χ1) is 11.5. The van der Waals surface area contributed by atoms with Gasteiger partial charge in [-0.3, -0.25) is 9.59 Å². The average Bonchev–Trinajstić information content (AvgIpc) is 2.58. The van der Waals surface area contributed by atoms with Gasteiger partial charge < -0.3 is 9.80 Å². The van der Waals surface area contributed by atoms with Crippen LogP contribution >= 0.6 is 11.6 Å². The number of amides is 2. The highest BCUT2D eigenvalue weighted by atomic mass is 35.5. The molecular weight excluding hydrogens is 324 g/mol. The molecule has 2 amide bonds. The molecule has 0 bridgehead atoms. The molecule has 0 aliphatic rings. The van der Waals surface area contributed by atoms with Crippen LogP contribution in [-0.4, -0.2) is 25.4 Å². The van der Waals surface area contributed by atoms with Crippen molar-refractivity contribution in [2.75, 3.05) is 23.4 Å². The van der Waals surface area contributed by atoms with Crippen molar-refractivity contribution in [1.82, 2.24) is 0 Å². The molecule has 0 atom stereocenters. The molecule has 0 N–H and O–H groups in total. The molecule has 126 valence electrons. The van der Waals surface area contributed by atoms with Crippen LogP contribution in [0.3, 0.4) is 0 Å². The lowest BCUT2D eigenvalue weighted by Crippen LogP contribution is -2.36. The van der Waals surface area contributed by atoms with Crippen molar-refractivity contribution in [3.8, 4) is 0 Å². The zero-order chi connectivity index (χ0) is 17.7. The largest absolute Gasteiger partial charge is 0.315 e. The zero-order valence-corrected chi connectivity index (χ0v) is 14.9. The predicted octanol–water partition coefficient (Wildman–Crippen LogP) is 4.05. The maximum atomic E-state index is 12.5. The van der Waals surface area contributed by atoms with Gasteiger partial charge in [0.15, 0.2) is 0 Å². The van der Waals surface area contributed by atoms with Crippen LogP contribution < -0.4 is 9.80 Å². The first-order valence-electron chi connectivity index (χ1n) is 7.82. The number of nitrogens with zero attached hydrogens (tertiary/aromatic N) is 2. The average molecular weight is 345 g/mol. The number of carbonyl (C=O) groups excluding carboxylic acids is 2. The highest BCUT2D eigenvalue weighted by molar-refractivity contribution is 6.31. The van der Waals surface area contributed by atoms with Crippen LogP contribution in [0.5, 0.6) is 0 Å². The number of anilines is 2. The van der Waals surface area contributed by atoms with E-state index in [4.69, 9.17) is 11.6 Å². The fraction of sp³-hybridized carbons (Fsp3) is 0.263. The second kappa shape index (κ2) is 7.97. The van der Waals surface area contributed by atoms with Crippen molar-refractivity contribution in [3.63, 3.8) is 0 Å². The zero-order valence-electron chi connectivity index (χ0n) is 14.1. The summed E-state index contributed by atoms with van der Waals surface area (Å²) in [5.41, 5.74) is 2.32. The molecule has 2 aromatic rings. The van der Waals surface area contributed by atoms with Crippen molar-refractivity contribution in [2.24, 2.45) is 0 Å². The second-order valence-electron chi connectivity index (χ2n) is 5.49. The Morgan fingerprint density at radius 2 is 1.67 bits per heavy atom. The van der Waals surface area contributed by atoms with Crippen LogP contribution in [0.15, 0.2) is 48.5 Å². The Morgan fingerprint density at radius 1 is 1.00 bits per heavy atom. The quantitative estimate of drug-likeness (QED) is 0.767. The lowest BCUT2D eigenvalue weighted by molar-refractivity contribution is -0.126. The molecule has 0 fully saturated rings. The van der Waals surface area contributed by atoms with E-state index in [2.05, 4.69) is 0 Å². The Labute approximate surface area is 147 Å². The Morgan fingerprint density at radius 3 is 2.29 bits per heavy atom. The maximum Gasteiger partial charge on any atom is 0.236 e. The molecule has 0 radical (unpaired) electrons. The Hall–Kier alpha value is -2.33. The fourth-order valence-electron chi connectivity index (χ4n) is 2.55. The maximum absolute atomic E-state index is 12.5. The number of hydrogen-bond acceptors (Lipinski definition) is 2. The highest BCUT2D eigenvalue weighted by Gasteiger charge is 2.21. The summed E-state index contributed by atoms with van der Waals surface area (Å²) < 4.78 is 0. The van der Waals surface area contributed by atoms with Crippen LogP contribution in [-0.2, 0) is 9.59 Å². The first-order valence-corrected chi connectivity index (χ1v) is 8.20. The summed E-state index contributed by atoms with van der Waals surface area (Å²) in [4.78, 5) is 28.1. The normalized spacial score (nSPS) is 10.3. The van der Waals surface area contributed by atoms with Gasteiger partial charge in [0.1, 0.15) is 6.42 Å². The van der Waals surface area contributed by atoms with E-state index in [1.165, 1.54) is 4.90 Å². The molecule has 0 heterocycles. The predicted molar refractivity (Wildman–Crippen MR) is 98.7 cm³/mol. The third-order valence-corrected chi connectivity index (χ3v) is 4.37. The summed E-state index contributed by atoms with van der Waals surface area (Å²) in [6.07, 6.45) is -0.189. The molecule has 0 aliphatic heterocycles. The summed E-state index contributed by atoms with van der Waals surface area (Å²) in [6.45, 7) is 4.25. The lowest BCUT2D eigenvalue weighted by Gasteiger charge is -2.24. The fourth-order valence-corrected chi connectivity index (χ4v) is 2.72. The summed E-state index contributed by atoms with van der Waals surface area (Å²) in [6, 6.07) is 14.7. The molecule has 0 unspecified atom stereocenters. The topological polar surface area (TPSA) is 40.6 Å². The van der Waals surface area contributed by atoms with Gasteiger partial charge in [-0.1, -0.05) is 35.9 Å². The summed E-state index contributed by atoms with van der Waals surface area (Å²) in [5, 5.41) is 0.595. The molecule has 4 nitrogen and oxygen atoms in total. The highest BCUT2D eigenvalue weighted by Crippen LogP contribution is 2.26. The number of halogens is 1. The van der Waals surface area contributed by atoms with Crippen molar-refractivity contribution in [1.29, 1.82) is 0 Å². The SMILES string of the molecule is CCN(C(=O)CC(=O)N(C)c1cccc(Cl)c1C)c1ccccc1. The van der Waals surface area contributed by atoms with Gasteiger partial charge in [-0.2, -0.15) is 0 Å². The Kier molecular flexibility index (Phi) is 5.99. The van der Waals surface area contributed by atoms with E-state index in [-0.39, 0.29) is 18.2 Å². The minimum absolute atomic E-state index is 0.189. The van der Waals surface area contributed by atoms with Crippen LogP contribution in [0.25, 0.3) is 0 Å². The van der Waals surface area contributed by atoms with E-state index in [1.807, 2.05) is 50.2 Å². The van der Waals surface area contributed by atoms with Gasteiger partial charge in [-0.25, -0.2) is 0 Å². The van der Waals surface area contributed by atoms with Gasteiger partial charge in [0.2, 0.25) is 11.8 Å². The van der Waals surface area contributed by atoms with Crippen molar-refractivity contribution >= 4 is 34.8 Å². The van der Waals surface area contributed by atoms with E-state index in [0.717, 1.165) is 11.3 Å². The Bertz CT molecular complexity index is 731. The number of para-hydroxylation sites is 1. The summed E-state index contributed by atoms with van der Waals surface area (Å²) >= 11 is 6.11. The van der Waals surface area contributed by atoms with Crippen LogP contribution in [0, 0.1) is 6.92 Å². The van der Waals surface area contributed by atoms with E-state index in [9.17, 15) is 9.59 Å². The van der Waals surface area contributed by atoms with Crippen LogP contribution in [0.2, 0.25) is 5.02 Å². The number of benzene rings is 2. The molecule has 0 saturated carbocycles. The van der Waals surface area contributed by atoms with Gasteiger partial charge in [-0.15, -0.1) is 0 Å². The van der Waals surface area contributed by atoms with Gasteiger partial charge in [0.25, 0.3) is 0 Å².